The third-order valence-electron chi connectivity index (χ3n) is 4.14. The van der Waals surface area contributed by atoms with Gasteiger partial charge in [-0.15, -0.1) is 11.3 Å². The lowest BCUT2D eigenvalue weighted by Crippen LogP contribution is -2.31. The summed E-state index contributed by atoms with van der Waals surface area (Å²) in [5.74, 6) is 0.363. The smallest absolute Gasteiger partial charge is 0.255 e. The Bertz CT molecular complexity index is 958. The van der Waals surface area contributed by atoms with Gasteiger partial charge in [0, 0.05) is 16.3 Å². The van der Waals surface area contributed by atoms with E-state index in [9.17, 15) is 4.79 Å². The molecule has 1 unspecified atom stereocenters. The summed E-state index contributed by atoms with van der Waals surface area (Å²) in [6.07, 6.45) is 0. The summed E-state index contributed by atoms with van der Waals surface area (Å²) in [4.78, 5) is 14.1. The Morgan fingerprint density at radius 1 is 1.24 bits per heavy atom. The highest BCUT2D eigenvalue weighted by molar-refractivity contribution is 7.10. The highest BCUT2D eigenvalue weighted by atomic mass is 32.1. The maximum absolute atomic E-state index is 13.0. The standard InChI is InChI=1S/C17H16N6OS/c1-10-8-9-25-15(10)14-13(11(2)18-17-20-21-22-23(14)17)16(24)19-12-6-4-3-5-7-12/h3-9,14H,1-2H3,(H,19,24)(H,18,20,22). The molecule has 0 bridgehead atoms. The molecule has 25 heavy (non-hydrogen) atoms. The maximum Gasteiger partial charge on any atom is 0.255 e. The van der Waals surface area contributed by atoms with Crippen LogP contribution < -0.4 is 10.6 Å². The number of rotatable bonds is 3. The second kappa shape index (κ2) is 6.14. The molecule has 2 aromatic heterocycles. The quantitative estimate of drug-likeness (QED) is 0.757. The van der Waals surface area contributed by atoms with Crippen LogP contribution in [-0.4, -0.2) is 26.1 Å². The molecule has 1 amide bonds. The number of aryl methyl sites for hydroxylation is 1. The first kappa shape index (κ1) is 15.5. The molecule has 4 rings (SSSR count). The van der Waals surface area contributed by atoms with Crippen molar-refractivity contribution < 1.29 is 4.79 Å². The third-order valence-corrected chi connectivity index (χ3v) is 5.21. The summed E-state index contributed by atoms with van der Waals surface area (Å²) in [7, 11) is 0. The van der Waals surface area contributed by atoms with Crippen molar-refractivity contribution in [1.29, 1.82) is 0 Å². The third kappa shape index (κ3) is 2.70. The Kier molecular flexibility index (Phi) is 3.81. The van der Waals surface area contributed by atoms with Crippen LogP contribution in [0.25, 0.3) is 0 Å². The SMILES string of the molecule is CC1=C(C(=O)Nc2ccccc2)C(c2sccc2C)n2nnnc2N1. The number of hydrogen-bond acceptors (Lipinski definition) is 6. The molecule has 0 saturated heterocycles. The molecule has 1 atom stereocenters. The number of fused-ring (bicyclic) bond motifs is 1. The summed E-state index contributed by atoms with van der Waals surface area (Å²) in [6.45, 7) is 3.90. The normalized spacial score (nSPS) is 16.3. The second-order valence-electron chi connectivity index (χ2n) is 5.80. The Morgan fingerprint density at radius 3 is 2.76 bits per heavy atom. The van der Waals surface area contributed by atoms with Crippen molar-refractivity contribution in [2.45, 2.75) is 19.9 Å². The van der Waals surface area contributed by atoms with Crippen molar-refractivity contribution in [3.05, 3.63) is 63.5 Å². The molecular weight excluding hydrogens is 336 g/mol. The van der Waals surface area contributed by atoms with Gasteiger partial charge in [0.15, 0.2) is 0 Å². The first-order chi connectivity index (χ1) is 12.1. The fourth-order valence-corrected chi connectivity index (χ4v) is 3.95. The van der Waals surface area contributed by atoms with E-state index in [4.69, 9.17) is 0 Å². The van der Waals surface area contributed by atoms with Gasteiger partial charge in [-0.05, 0) is 53.4 Å². The summed E-state index contributed by atoms with van der Waals surface area (Å²) < 4.78 is 1.66. The number of nitrogens with zero attached hydrogens (tertiary/aromatic N) is 4. The molecule has 0 radical (unpaired) electrons. The Hall–Kier alpha value is -3.00. The number of carbonyl (C=O) groups excluding carboxylic acids is 1. The molecule has 0 fully saturated rings. The maximum atomic E-state index is 13.0. The lowest BCUT2D eigenvalue weighted by Gasteiger charge is -2.27. The van der Waals surface area contributed by atoms with E-state index >= 15 is 0 Å². The van der Waals surface area contributed by atoms with E-state index in [0.717, 1.165) is 21.8 Å². The van der Waals surface area contributed by atoms with E-state index in [0.29, 0.717) is 11.5 Å². The van der Waals surface area contributed by atoms with Crippen molar-refractivity contribution in [3.8, 4) is 0 Å². The van der Waals surface area contributed by atoms with E-state index in [1.807, 2.05) is 55.6 Å². The van der Waals surface area contributed by atoms with Crippen LogP contribution in [0.1, 0.15) is 23.4 Å². The van der Waals surface area contributed by atoms with E-state index in [1.54, 1.807) is 16.0 Å². The highest BCUT2D eigenvalue weighted by Gasteiger charge is 2.35. The van der Waals surface area contributed by atoms with Crippen LogP contribution in [0.2, 0.25) is 0 Å². The van der Waals surface area contributed by atoms with Gasteiger partial charge < -0.3 is 10.6 Å². The van der Waals surface area contributed by atoms with E-state index in [-0.39, 0.29) is 11.9 Å². The van der Waals surface area contributed by atoms with Gasteiger partial charge in [-0.2, -0.15) is 4.68 Å². The van der Waals surface area contributed by atoms with Gasteiger partial charge in [0.05, 0.1) is 5.57 Å². The van der Waals surface area contributed by atoms with Gasteiger partial charge >= 0.3 is 0 Å². The molecular formula is C17H16N6OS. The van der Waals surface area contributed by atoms with Crippen LogP contribution >= 0.6 is 11.3 Å². The number of allylic oxidation sites excluding steroid dienone is 1. The van der Waals surface area contributed by atoms with E-state index in [2.05, 4.69) is 26.2 Å². The molecule has 8 heteroatoms. The predicted octanol–water partition coefficient (Wildman–Crippen LogP) is 2.97. The number of para-hydroxylation sites is 1. The molecule has 1 aliphatic heterocycles. The first-order valence-electron chi connectivity index (χ1n) is 7.81. The number of amides is 1. The number of anilines is 2. The molecule has 2 N–H and O–H groups in total. The number of hydrogen-bond donors (Lipinski definition) is 2. The zero-order chi connectivity index (χ0) is 17.4. The average Bonchev–Trinajstić information content (AvgIpc) is 3.23. The summed E-state index contributed by atoms with van der Waals surface area (Å²) in [6, 6.07) is 11.1. The minimum absolute atomic E-state index is 0.171. The zero-order valence-electron chi connectivity index (χ0n) is 13.7. The summed E-state index contributed by atoms with van der Waals surface area (Å²) in [5.41, 5.74) is 3.20. The van der Waals surface area contributed by atoms with Crippen LogP contribution in [0.5, 0.6) is 0 Å². The van der Waals surface area contributed by atoms with Gasteiger partial charge in [-0.1, -0.05) is 23.3 Å². The Morgan fingerprint density at radius 2 is 2.04 bits per heavy atom. The van der Waals surface area contributed by atoms with Crippen molar-refractivity contribution in [2.24, 2.45) is 0 Å². The average molecular weight is 352 g/mol. The lowest BCUT2D eigenvalue weighted by atomic mass is 9.99. The number of thiophene rings is 1. The lowest BCUT2D eigenvalue weighted by molar-refractivity contribution is -0.113. The monoisotopic (exact) mass is 352 g/mol. The van der Waals surface area contributed by atoms with Gasteiger partial charge in [0.25, 0.3) is 5.91 Å². The number of benzene rings is 1. The largest absolute Gasteiger partial charge is 0.326 e. The summed E-state index contributed by atoms with van der Waals surface area (Å²) in [5, 5.41) is 19.9. The molecule has 126 valence electrons. The number of aromatic nitrogens is 4. The van der Waals surface area contributed by atoms with Crippen LogP contribution in [0.15, 0.2) is 53.0 Å². The molecule has 0 aliphatic carbocycles. The molecule has 3 heterocycles. The Balaban J connectivity index is 1.78. The van der Waals surface area contributed by atoms with Crippen molar-refractivity contribution >= 4 is 28.9 Å². The summed E-state index contributed by atoms with van der Waals surface area (Å²) >= 11 is 1.59. The van der Waals surface area contributed by atoms with Gasteiger partial charge in [0.1, 0.15) is 6.04 Å². The van der Waals surface area contributed by atoms with Crippen LogP contribution in [0.4, 0.5) is 11.6 Å². The minimum atomic E-state index is -0.352. The molecule has 1 aromatic carbocycles. The molecule has 3 aromatic rings. The van der Waals surface area contributed by atoms with Crippen LogP contribution in [0.3, 0.4) is 0 Å². The molecule has 0 spiro atoms. The molecule has 0 saturated carbocycles. The first-order valence-corrected chi connectivity index (χ1v) is 8.69. The van der Waals surface area contributed by atoms with E-state index in [1.165, 1.54) is 0 Å². The predicted molar refractivity (Wildman–Crippen MR) is 96.4 cm³/mol. The van der Waals surface area contributed by atoms with Crippen molar-refractivity contribution in [3.63, 3.8) is 0 Å². The Labute approximate surface area is 148 Å². The number of nitrogens with one attached hydrogen (secondary N) is 2. The fraction of sp³-hybridized carbons (Fsp3) is 0.176. The van der Waals surface area contributed by atoms with Crippen molar-refractivity contribution in [1.82, 2.24) is 20.2 Å². The highest BCUT2D eigenvalue weighted by Crippen LogP contribution is 2.38. The second-order valence-corrected chi connectivity index (χ2v) is 6.75. The van der Waals surface area contributed by atoms with Crippen LogP contribution in [0, 0.1) is 6.92 Å². The fourth-order valence-electron chi connectivity index (χ4n) is 2.93. The minimum Gasteiger partial charge on any atom is -0.326 e. The number of tetrazole rings is 1. The zero-order valence-corrected chi connectivity index (χ0v) is 14.5. The number of carbonyl (C=O) groups is 1. The molecule has 1 aliphatic rings. The van der Waals surface area contributed by atoms with Gasteiger partial charge in [0.2, 0.25) is 5.95 Å². The topological polar surface area (TPSA) is 84.7 Å². The van der Waals surface area contributed by atoms with Crippen molar-refractivity contribution in [2.75, 3.05) is 10.6 Å². The van der Waals surface area contributed by atoms with E-state index < -0.39 is 0 Å². The van der Waals surface area contributed by atoms with Gasteiger partial charge in [-0.3, -0.25) is 4.79 Å². The van der Waals surface area contributed by atoms with Gasteiger partial charge in [-0.25, -0.2) is 0 Å². The van der Waals surface area contributed by atoms with Crippen LogP contribution in [-0.2, 0) is 4.79 Å². The molecule has 7 nitrogen and oxygen atoms in total.